The van der Waals surface area contributed by atoms with Gasteiger partial charge in [-0.15, -0.1) is 0 Å². The van der Waals surface area contributed by atoms with Crippen LogP contribution in [0.25, 0.3) is 0 Å². The van der Waals surface area contributed by atoms with Gasteiger partial charge in [0, 0.05) is 22.7 Å². The molecule has 0 fully saturated rings. The normalized spacial score (nSPS) is 18.5. The highest BCUT2D eigenvalue weighted by atomic mass is 127. The lowest BCUT2D eigenvalue weighted by atomic mass is 10.1. The molecular formula is C24H21IN2O7S3. The predicted octanol–water partition coefficient (Wildman–Crippen LogP) is 4.20. The Morgan fingerprint density at radius 3 is 2.57 bits per heavy atom. The number of nitrogens with zero attached hydrogens (tertiary/aromatic N) is 1. The number of alkyl halides is 1. The zero-order valence-electron chi connectivity index (χ0n) is 19.1. The lowest BCUT2D eigenvalue weighted by Crippen LogP contribution is -2.21. The highest BCUT2D eigenvalue weighted by molar-refractivity contribution is 14.1. The number of halogens is 1. The molecule has 0 spiro atoms. The number of Topliss-reactive ketones (excluding diaryl/α,β-unsaturated/α-hetero) is 1. The van der Waals surface area contributed by atoms with E-state index in [1.807, 2.05) is 39.6 Å². The second-order valence-electron chi connectivity index (χ2n) is 8.01. The van der Waals surface area contributed by atoms with Gasteiger partial charge >= 0.3 is 0 Å². The molecular weight excluding hydrogens is 651 g/mol. The summed E-state index contributed by atoms with van der Waals surface area (Å²) >= 11 is 3.35. The number of rotatable bonds is 8. The molecule has 0 bridgehead atoms. The molecule has 13 heteroatoms. The molecule has 37 heavy (non-hydrogen) atoms. The van der Waals surface area contributed by atoms with Gasteiger partial charge in [-0.1, -0.05) is 58.6 Å². The summed E-state index contributed by atoms with van der Waals surface area (Å²) in [6.45, 7) is 0.294. The second kappa shape index (κ2) is 11.1. The van der Waals surface area contributed by atoms with Crippen LogP contribution in [0.5, 0.6) is 0 Å². The fourth-order valence-electron chi connectivity index (χ4n) is 3.85. The third-order valence-corrected chi connectivity index (χ3v) is 9.90. The Morgan fingerprint density at radius 2 is 1.86 bits per heavy atom. The summed E-state index contributed by atoms with van der Waals surface area (Å²) in [4.78, 5) is 26.7. The molecule has 0 aromatic heterocycles. The van der Waals surface area contributed by atoms with Crippen LogP contribution in [-0.2, 0) is 24.7 Å². The molecule has 2 aromatic rings. The van der Waals surface area contributed by atoms with Crippen LogP contribution in [0.15, 0.2) is 86.5 Å². The number of amides is 1. The van der Waals surface area contributed by atoms with Crippen molar-refractivity contribution in [1.82, 2.24) is 0 Å². The van der Waals surface area contributed by atoms with Crippen molar-refractivity contribution >= 4 is 77.4 Å². The van der Waals surface area contributed by atoms with Crippen molar-refractivity contribution in [2.75, 3.05) is 26.9 Å². The average Bonchev–Trinajstić information content (AvgIpc) is 3.27. The first-order valence-corrected chi connectivity index (χ1v) is 16.3. The molecule has 0 atom stereocenters. The molecule has 2 aliphatic heterocycles. The minimum atomic E-state index is -4.11. The van der Waals surface area contributed by atoms with E-state index in [2.05, 4.69) is 5.32 Å². The highest BCUT2D eigenvalue weighted by Gasteiger charge is 2.38. The molecule has 2 aliphatic rings. The largest absolute Gasteiger partial charge is 0.335 e. The maximum atomic E-state index is 12.7. The summed E-state index contributed by atoms with van der Waals surface area (Å²) in [6.07, 6.45) is 6.22. The van der Waals surface area contributed by atoms with E-state index in [4.69, 9.17) is 4.55 Å². The van der Waals surface area contributed by atoms with Gasteiger partial charge in [0.1, 0.15) is 4.91 Å². The number of fused-ring (bicyclic) bond motifs is 2. The van der Waals surface area contributed by atoms with E-state index in [1.165, 1.54) is 36.0 Å². The Kier molecular flexibility index (Phi) is 8.28. The fraction of sp³-hybridized carbons (Fsp3) is 0.167. The van der Waals surface area contributed by atoms with Crippen molar-refractivity contribution in [3.63, 3.8) is 0 Å². The van der Waals surface area contributed by atoms with E-state index in [0.29, 0.717) is 16.7 Å². The Hall–Kier alpha value is -2.46. The number of ketones is 1. The lowest BCUT2D eigenvalue weighted by molar-refractivity contribution is -0.113. The first-order chi connectivity index (χ1) is 17.5. The summed E-state index contributed by atoms with van der Waals surface area (Å²) in [5.41, 5.74) is 1.57. The van der Waals surface area contributed by atoms with E-state index in [1.54, 1.807) is 30.4 Å². The first-order valence-electron chi connectivity index (χ1n) is 10.9. The zero-order chi connectivity index (χ0) is 26.8. The van der Waals surface area contributed by atoms with Crippen LogP contribution in [0.1, 0.15) is 16.8 Å². The number of nitrogens with one attached hydrogen (secondary N) is 1. The topological polar surface area (TPSA) is 138 Å². The van der Waals surface area contributed by atoms with Gasteiger partial charge in [0.25, 0.3) is 10.1 Å². The van der Waals surface area contributed by atoms with Crippen LogP contribution < -0.4 is 10.2 Å². The SMILES string of the molecule is O=C(CI)Nc1ccc2c(c1)SC(=CC=CC=C1C(=O)c3ccccc3S1(=O)=O)N2CCCS(=O)(=O)O. The molecule has 2 aromatic carbocycles. The molecule has 1 amide bonds. The van der Waals surface area contributed by atoms with Gasteiger partial charge in [-0.05, 0) is 48.9 Å². The number of allylic oxidation sites excluding steroid dienone is 5. The number of anilines is 2. The summed E-state index contributed by atoms with van der Waals surface area (Å²) in [5, 5.41) is 3.52. The van der Waals surface area contributed by atoms with Crippen molar-refractivity contribution in [2.24, 2.45) is 0 Å². The highest BCUT2D eigenvalue weighted by Crippen LogP contribution is 2.47. The smallest absolute Gasteiger partial charge is 0.264 e. The number of thioether (sulfide) groups is 1. The molecule has 0 unspecified atom stereocenters. The van der Waals surface area contributed by atoms with E-state index in [9.17, 15) is 26.4 Å². The van der Waals surface area contributed by atoms with Crippen LogP contribution >= 0.6 is 34.4 Å². The van der Waals surface area contributed by atoms with Crippen LogP contribution in [0, 0.1) is 0 Å². The minimum absolute atomic E-state index is 0.00437. The van der Waals surface area contributed by atoms with Crippen LogP contribution in [-0.4, -0.2) is 49.8 Å². The standard InChI is InChI=1S/C24H21IN2O7S3/c25-15-22(28)26-16-10-11-18-19(14-16)35-23(27(18)12-5-13-36(30,31)32)9-4-3-8-21-24(29)17-6-1-2-7-20(17)37(21,33)34/h1-4,6-11,14H,5,12-13,15H2,(H,26,28)(H,30,31,32). The zero-order valence-corrected chi connectivity index (χ0v) is 23.7. The summed E-state index contributed by atoms with van der Waals surface area (Å²) in [5.74, 6) is -1.09. The average molecular weight is 673 g/mol. The molecule has 2 N–H and O–H groups in total. The molecule has 0 saturated carbocycles. The quantitative estimate of drug-likeness (QED) is 0.183. The Bertz CT molecular complexity index is 1580. The second-order valence-corrected chi connectivity index (χ2v) is 13.3. The Labute approximate surface area is 232 Å². The van der Waals surface area contributed by atoms with E-state index < -0.39 is 31.5 Å². The van der Waals surface area contributed by atoms with Gasteiger partial charge in [-0.25, -0.2) is 8.42 Å². The van der Waals surface area contributed by atoms with Crippen LogP contribution in [0.3, 0.4) is 0 Å². The van der Waals surface area contributed by atoms with E-state index in [0.717, 1.165) is 15.6 Å². The molecule has 4 rings (SSSR count). The van der Waals surface area contributed by atoms with Gasteiger partial charge in [0.05, 0.1) is 25.8 Å². The summed E-state index contributed by atoms with van der Waals surface area (Å²) < 4.78 is 57.2. The Morgan fingerprint density at radius 1 is 1.14 bits per heavy atom. The monoisotopic (exact) mass is 672 g/mol. The van der Waals surface area contributed by atoms with Gasteiger partial charge in [-0.3, -0.25) is 14.1 Å². The first kappa shape index (κ1) is 27.6. The summed E-state index contributed by atoms with van der Waals surface area (Å²) in [6, 6.07) is 11.4. The number of carbonyl (C=O) groups is 2. The van der Waals surface area contributed by atoms with Crippen molar-refractivity contribution < 1.29 is 31.0 Å². The van der Waals surface area contributed by atoms with Gasteiger partial charge in [-0.2, -0.15) is 8.42 Å². The third kappa shape index (κ3) is 6.17. The van der Waals surface area contributed by atoms with Crippen molar-refractivity contribution in [2.45, 2.75) is 16.2 Å². The third-order valence-electron chi connectivity index (χ3n) is 5.45. The number of sulfone groups is 1. The number of carbonyl (C=O) groups excluding carboxylic acids is 2. The predicted molar refractivity (Wildman–Crippen MR) is 151 cm³/mol. The molecule has 0 saturated heterocycles. The number of hydrogen-bond acceptors (Lipinski definition) is 8. The maximum Gasteiger partial charge on any atom is 0.264 e. The fourth-order valence-corrected chi connectivity index (χ4v) is 7.23. The lowest BCUT2D eigenvalue weighted by Gasteiger charge is -2.20. The van der Waals surface area contributed by atoms with E-state index in [-0.39, 0.29) is 27.7 Å². The molecule has 9 nitrogen and oxygen atoms in total. The molecule has 194 valence electrons. The van der Waals surface area contributed by atoms with Crippen molar-refractivity contribution in [3.8, 4) is 0 Å². The van der Waals surface area contributed by atoms with Gasteiger partial charge in [0.2, 0.25) is 21.5 Å². The number of benzene rings is 2. The van der Waals surface area contributed by atoms with E-state index >= 15 is 0 Å². The minimum Gasteiger partial charge on any atom is -0.335 e. The van der Waals surface area contributed by atoms with Crippen LogP contribution in [0.2, 0.25) is 0 Å². The maximum absolute atomic E-state index is 12.7. The molecule has 0 radical (unpaired) electrons. The van der Waals surface area contributed by atoms with Gasteiger partial charge in [0.15, 0.2) is 0 Å². The summed E-state index contributed by atoms with van der Waals surface area (Å²) in [7, 11) is -8.00. The molecule has 2 heterocycles. The van der Waals surface area contributed by atoms with Crippen LogP contribution in [0.4, 0.5) is 11.4 Å². The van der Waals surface area contributed by atoms with Crippen molar-refractivity contribution in [1.29, 1.82) is 0 Å². The molecule has 0 aliphatic carbocycles. The van der Waals surface area contributed by atoms with Crippen molar-refractivity contribution in [3.05, 3.63) is 82.3 Å². The van der Waals surface area contributed by atoms with Gasteiger partial charge < -0.3 is 10.2 Å². The number of hydrogen-bond donors (Lipinski definition) is 2. The Balaban J connectivity index is 1.59.